The van der Waals surface area contributed by atoms with Gasteiger partial charge in [0.15, 0.2) is 0 Å². The van der Waals surface area contributed by atoms with Crippen molar-refractivity contribution in [3.63, 3.8) is 0 Å². The third kappa shape index (κ3) is 6.62. The van der Waals surface area contributed by atoms with Crippen LogP contribution in [0.2, 0.25) is 0 Å². The van der Waals surface area contributed by atoms with Crippen LogP contribution in [0.3, 0.4) is 0 Å². The Balaban J connectivity index is 1.58. The highest BCUT2D eigenvalue weighted by Crippen LogP contribution is 2.51. The van der Waals surface area contributed by atoms with Crippen LogP contribution < -0.4 is 15.3 Å². The Morgan fingerprint density at radius 3 is 1.77 bits per heavy atom. The highest BCUT2D eigenvalue weighted by Gasteiger charge is 2.27. The summed E-state index contributed by atoms with van der Waals surface area (Å²) in [5, 5.41) is 4.75. The van der Waals surface area contributed by atoms with E-state index in [-0.39, 0.29) is 10.6 Å². The molecule has 6 rings (SSSR count). The fourth-order valence-electron chi connectivity index (χ4n) is 5.24. The quantitative estimate of drug-likeness (QED) is 0.170. The Labute approximate surface area is 255 Å². The third-order valence-corrected chi connectivity index (χ3v) is 11.5. The summed E-state index contributed by atoms with van der Waals surface area (Å²) in [6, 6.07) is 52.7. The molecule has 0 aliphatic heterocycles. The molecule has 6 aromatic carbocycles. The fraction of sp³-hybridized carbons (Fsp3) is 0.0526. The van der Waals surface area contributed by atoms with Gasteiger partial charge in [0.05, 0.1) is 10.6 Å². The molecule has 3 nitrogen and oxygen atoms in total. The van der Waals surface area contributed by atoms with E-state index >= 15 is 0 Å². The molecule has 43 heavy (non-hydrogen) atoms. The van der Waals surface area contributed by atoms with Crippen LogP contribution in [0, 0.1) is 6.92 Å². The van der Waals surface area contributed by atoms with Crippen molar-refractivity contribution in [1.82, 2.24) is 4.72 Å². The minimum Gasteiger partial charge on any atom is -0.279 e. The van der Waals surface area contributed by atoms with Crippen molar-refractivity contribution in [2.75, 3.05) is 0 Å². The Morgan fingerprint density at radius 2 is 1.16 bits per heavy atom. The summed E-state index contributed by atoms with van der Waals surface area (Å²) in [4.78, 5) is 0.232. The number of fused-ring (bicyclic) bond motifs is 1. The maximum absolute atomic E-state index is 13.8. The van der Waals surface area contributed by atoms with Crippen LogP contribution in [-0.2, 0) is 10.0 Å². The summed E-state index contributed by atoms with van der Waals surface area (Å²) >= 11 is 0. The molecule has 0 unspecified atom stereocenters. The van der Waals surface area contributed by atoms with E-state index in [4.69, 9.17) is 0 Å². The zero-order valence-corrected chi connectivity index (χ0v) is 25.5. The molecule has 0 amide bonds. The number of allylic oxidation sites excluding steroid dienone is 1. The first kappa shape index (κ1) is 28.6. The summed E-state index contributed by atoms with van der Waals surface area (Å²) in [5.41, 5.74) is 3.35. The van der Waals surface area contributed by atoms with Gasteiger partial charge in [-0.2, -0.15) is 0 Å². The van der Waals surface area contributed by atoms with Crippen LogP contribution in [0.15, 0.2) is 169 Å². The molecule has 0 aliphatic carbocycles. The zero-order valence-electron chi connectivity index (χ0n) is 23.8. The molecule has 0 saturated heterocycles. The van der Waals surface area contributed by atoms with Gasteiger partial charge in [-0.15, -0.1) is 0 Å². The number of rotatable bonds is 9. The number of nitrogens with one attached hydrogen (secondary N) is 1. The second-order valence-electron chi connectivity index (χ2n) is 10.5. The third-order valence-electron chi connectivity index (χ3n) is 7.45. The van der Waals surface area contributed by atoms with Gasteiger partial charge in [-0.05, 0) is 65.6 Å². The van der Waals surface area contributed by atoms with Crippen LogP contribution in [0.25, 0.3) is 16.5 Å². The van der Waals surface area contributed by atoms with E-state index in [0.29, 0.717) is 5.70 Å². The van der Waals surface area contributed by atoms with Crippen molar-refractivity contribution in [2.24, 2.45) is 0 Å². The summed E-state index contributed by atoms with van der Waals surface area (Å²) in [6.45, 7) is 1.95. The molecule has 1 N–H and O–H groups in total. The number of hydrogen-bond acceptors (Lipinski definition) is 2. The topological polar surface area (TPSA) is 46.2 Å². The van der Waals surface area contributed by atoms with E-state index in [9.17, 15) is 8.42 Å². The molecular formula is C38H32NO2PS. The van der Waals surface area contributed by atoms with Gasteiger partial charge in [0, 0.05) is 5.66 Å². The lowest BCUT2D eigenvalue weighted by molar-refractivity contribution is 0.591. The molecule has 1 atom stereocenters. The van der Waals surface area contributed by atoms with Gasteiger partial charge in [-0.3, -0.25) is 4.72 Å². The van der Waals surface area contributed by atoms with E-state index in [1.807, 2.05) is 67.6 Å². The molecule has 0 heterocycles. The lowest BCUT2D eigenvalue weighted by atomic mass is 10.0. The average molecular weight is 598 g/mol. The summed E-state index contributed by atoms with van der Waals surface area (Å²) in [7, 11) is -4.83. The predicted molar refractivity (Wildman–Crippen MR) is 182 cm³/mol. The van der Waals surface area contributed by atoms with Crippen molar-refractivity contribution in [3.05, 3.63) is 180 Å². The first-order valence-corrected chi connectivity index (χ1v) is 17.1. The molecule has 0 bridgehead atoms. The van der Waals surface area contributed by atoms with Gasteiger partial charge < -0.3 is 0 Å². The van der Waals surface area contributed by atoms with Crippen molar-refractivity contribution < 1.29 is 8.42 Å². The van der Waals surface area contributed by atoms with Crippen molar-refractivity contribution in [1.29, 1.82) is 0 Å². The molecule has 0 aliphatic rings. The van der Waals surface area contributed by atoms with Gasteiger partial charge in [-0.1, -0.05) is 151 Å². The minimum atomic E-state index is -3.85. The van der Waals surface area contributed by atoms with Gasteiger partial charge in [0.1, 0.15) is 0 Å². The highest BCUT2D eigenvalue weighted by molar-refractivity contribution is 7.89. The molecule has 0 aromatic heterocycles. The second-order valence-corrected chi connectivity index (χ2v) is 14.5. The molecule has 6 aromatic rings. The number of sulfonamides is 1. The van der Waals surface area contributed by atoms with Crippen LogP contribution >= 0.6 is 7.92 Å². The summed E-state index contributed by atoms with van der Waals surface area (Å²) in [6.07, 6.45) is 2.12. The predicted octanol–water partition coefficient (Wildman–Crippen LogP) is 8.34. The van der Waals surface area contributed by atoms with Crippen LogP contribution in [-0.4, -0.2) is 8.42 Å². The average Bonchev–Trinajstić information content (AvgIpc) is 3.05. The molecule has 0 fully saturated rings. The Bertz CT molecular complexity index is 1920. The SMILES string of the molecule is Cc1ccc(S(=O)(=O)N/C(=C\[C@H](c2ccc3ccccc3c2)P(c2ccccc2)c2ccccc2)c2ccccc2)cc1. The van der Waals surface area contributed by atoms with Crippen LogP contribution in [0.1, 0.15) is 22.3 Å². The summed E-state index contributed by atoms with van der Waals surface area (Å²) in [5.74, 6) is 0. The van der Waals surface area contributed by atoms with E-state index in [0.717, 1.165) is 22.1 Å². The van der Waals surface area contributed by atoms with Gasteiger partial charge in [0.2, 0.25) is 0 Å². The van der Waals surface area contributed by atoms with Crippen LogP contribution in [0.5, 0.6) is 0 Å². The summed E-state index contributed by atoms with van der Waals surface area (Å²) < 4.78 is 30.6. The van der Waals surface area contributed by atoms with Gasteiger partial charge >= 0.3 is 0 Å². The van der Waals surface area contributed by atoms with Crippen LogP contribution in [0.4, 0.5) is 0 Å². The monoisotopic (exact) mass is 597 g/mol. The highest BCUT2D eigenvalue weighted by atomic mass is 32.2. The maximum Gasteiger partial charge on any atom is 0.261 e. The molecule has 212 valence electrons. The van der Waals surface area contributed by atoms with Crippen molar-refractivity contribution in [2.45, 2.75) is 17.5 Å². The Kier molecular flexibility index (Phi) is 8.51. The first-order valence-electron chi connectivity index (χ1n) is 14.2. The molecule has 5 heteroatoms. The van der Waals surface area contributed by atoms with E-state index in [2.05, 4.69) is 95.7 Å². The van der Waals surface area contributed by atoms with E-state index in [1.165, 1.54) is 16.0 Å². The van der Waals surface area contributed by atoms with Gasteiger partial charge in [-0.25, -0.2) is 8.42 Å². The normalized spacial score (nSPS) is 12.7. The zero-order chi connectivity index (χ0) is 29.6. The standard InChI is InChI=1S/C38H32NO2PS/c1-29-21-25-36(26-22-29)43(40,41)39-37(31-14-5-2-6-15-31)28-38(33-24-23-30-13-11-12-16-32(30)27-33)42(34-17-7-3-8-18-34)35-19-9-4-10-20-35/h2-28,38-39H,1H3/b37-28-/t38-/m1/s1. The first-order chi connectivity index (χ1) is 21.0. The van der Waals surface area contributed by atoms with E-state index in [1.54, 1.807) is 12.1 Å². The molecule has 0 radical (unpaired) electrons. The Morgan fingerprint density at radius 1 is 0.628 bits per heavy atom. The smallest absolute Gasteiger partial charge is 0.261 e. The lowest BCUT2D eigenvalue weighted by Gasteiger charge is -2.28. The van der Waals surface area contributed by atoms with E-state index < -0.39 is 17.9 Å². The molecular weight excluding hydrogens is 565 g/mol. The minimum absolute atomic E-state index is 0.139. The molecule has 0 spiro atoms. The maximum atomic E-state index is 13.8. The largest absolute Gasteiger partial charge is 0.279 e. The van der Waals surface area contributed by atoms with Gasteiger partial charge in [0.25, 0.3) is 10.0 Å². The lowest BCUT2D eigenvalue weighted by Crippen LogP contribution is -2.24. The van der Waals surface area contributed by atoms with Crippen molar-refractivity contribution in [3.8, 4) is 0 Å². The second kappa shape index (κ2) is 12.8. The number of benzene rings is 6. The number of hydrogen-bond donors (Lipinski definition) is 1. The molecule has 0 saturated carbocycles. The number of aryl methyl sites for hydroxylation is 1. The fourth-order valence-corrected chi connectivity index (χ4v) is 9.02. The van der Waals surface area contributed by atoms with Crippen molar-refractivity contribution >= 4 is 45.0 Å². The Hall–Kier alpha value is -4.50.